The van der Waals surface area contributed by atoms with E-state index in [2.05, 4.69) is 6.92 Å². The van der Waals surface area contributed by atoms with Crippen molar-refractivity contribution in [3.05, 3.63) is 34.4 Å². The first-order valence-corrected chi connectivity index (χ1v) is 5.89. The number of hydrogen-bond acceptors (Lipinski definition) is 4. The maximum atomic E-state index is 11.7. The number of carbonyl (C=O) groups excluding carboxylic acids is 2. The standard InChI is InChI=1S/C14H16O4/c1-8-4-9-6-11(13(15)17-2)12(14(16)18-3)7-10(9)5-8/h6-8H,4-5H2,1-3H3. The Kier molecular flexibility index (Phi) is 3.36. The molecule has 1 aliphatic rings. The number of carbonyl (C=O) groups is 2. The van der Waals surface area contributed by atoms with Gasteiger partial charge in [0.2, 0.25) is 0 Å². The van der Waals surface area contributed by atoms with Crippen LogP contribution in [0.4, 0.5) is 0 Å². The zero-order valence-electron chi connectivity index (χ0n) is 10.8. The Morgan fingerprint density at radius 1 is 1.00 bits per heavy atom. The summed E-state index contributed by atoms with van der Waals surface area (Å²) in [4.78, 5) is 23.4. The van der Waals surface area contributed by atoms with E-state index in [1.807, 2.05) is 0 Å². The lowest BCUT2D eigenvalue weighted by Gasteiger charge is -2.09. The van der Waals surface area contributed by atoms with Crippen molar-refractivity contribution in [3.63, 3.8) is 0 Å². The van der Waals surface area contributed by atoms with E-state index in [0.29, 0.717) is 5.92 Å². The quantitative estimate of drug-likeness (QED) is 0.751. The third kappa shape index (κ3) is 2.10. The van der Waals surface area contributed by atoms with E-state index < -0.39 is 11.9 Å². The number of hydrogen-bond donors (Lipinski definition) is 0. The van der Waals surface area contributed by atoms with Crippen molar-refractivity contribution in [3.8, 4) is 0 Å². The van der Waals surface area contributed by atoms with Crippen LogP contribution in [0.25, 0.3) is 0 Å². The zero-order valence-corrected chi connectivity index (χ0v) is 10.8. The monoisotopic (exact) mass is 248 g/mol. The number of ether oxygens (including phenoxy) is 2. The van der Waals surface area contributed by atoms with Gasteiger partial charge in [-0.05, 0) is 42.0 Å². The van der Waals surface area contributed by atoms with Gasteiger partial charge in [-0.15, -0.1) is 0 Å². The van der Waals surface area contributed by atoms with E-state index in [1.54, 1.807) is 12.1 Å². The van der Waals surface area contributed by atoms with Gasteiger partial charge in [0.25, 0.3) is 0 Å². The van der Waals surface area contributed by atoms with Crippen LogP contribution in [-0.2, 0) is 22.3 Å². The van der Waals surface area contributed by atoms with Crippen LogP contribution in [0.5, 0.6) is 0 Å². The number of methoxy groups -OCH3 is 2. The first kappa shape index (κ1) is 12.6. The molecule has 1 aliphatic carbocycles. The third-order valence-corrected chi connectivity index (χ3v) is 3.29. The molecule has 0 N–H and O–H groups in total. The number of benzene rings is 1. The molecule has 0 atom stereocenters. The summed E-state index contributed by atoms with van der Waals surface area (Å²) in [6.45, 7) is 2.15. The predicted molar refractivity (Wildman–Crippen MR) is 65.7 cm³/mol. The van der Waals surface area contributed by atoms with Gasteiger partial charge >= 0.3 is 11.9 Å². The van der Waals surface area contributed by atoms with E-state index in [-0.39, 0.29) is 11.1 Å². The molecule has 4 nitrogen and oxygen atoms in total. The number of fused-ring (bicyclic) bond motifs is 1. The Hall–Kier alpha value is -1.84. The van der Waals surface area contributed by atoms with E-state index >= 15 is 0 Å². The first-order chi connectivity index (χ1) is 8.56. The van der Waals surface area contributed by atoms with Gasteiger partial charge in [0.15, 0.2) is 0 Å². The summed E-state index contributed by atoms with van der Waals surface area (Å²) in [6, 6.07) is 3.52. The fraction of sp³-hybridized carbons (Fsp3) is 0.429. The van der Waals surface area contributed by atoms with Crippen LogP contribution < -0.4 is 0 Å². The van der Waals surface area contributed by atoms with Crippen molar-refractivity contribution in [1.29, 1.82) is 0 Å². The van der Waals surface area contributed by atoms with Crippen LogP contribution in [0.15, 0.2) is 12.1 Å². The summed E-state index contributed by atoms with van der Waals surface area (Å²) in [5.74, 6) is -0.464. The lowest BCUT2D eigenvalue weighted by Crippen LogP contribution is -2.12. The minimum Gasteiger partial charge on any atom is -0.465 e. The molecule has 2 rings (SSSR count). The molecular formula is C14H16O4. The Morgan fingerprint density at radius 3 is 1.72 bits per heavy atom. The van der Waals surface area contributed by atoms with Gasteiger partial charge in [-0.2, -0.15) is 0 Å². The lowest BCUT2D eigenvalue weighted by molar-refractivity contribution is 0.0555. The molecule has 0 bridgehead atoms. The molecule has 0 saturated carbocycles. The normalized spacial score (nSPS) is 14.2. The number of esters is 2. The molecule has 0 heterocycles. The Bertz CT molecular complexity index is 460. The summed E-state index contributed by atoms with van der Waals surface area (Å²) in [7, 11) is 2.61. The van der Waals surface area contributed by atoms with Gasteiger partial charge in [0.05, 0.1) is 25.3 Å². The van der Waals surface area contributed by atoms with Crippen molar-refractivity contribution in [2.75, 3.05) is 14.2 Å². The highest BCUT2D eigenvalue weighted by Gasteiger charge is 2.25. The highest BCUT2D eigenvalue weighted by Crippen LogP contribution is 2.29. The van der Waals surface area contributed by atoms with Crippen LogP contribution in [0.3, 0.4) is 0 Å². The average Bonchev–Trinajstić information content (AvgIpc) is 2.74. The Labute approximate surface area is 106 Å². The van der Waals surface area contributed by atoms with Crippen LogP contribution in [0.1, 0.15) is 38.8 Å². The van der Waals surface area contributed by atoms with E-state index in [9.17, 15) is 9.59 Å². The second-order valence-corrected chi connectivity index (χ2v) is 4.66. The van der Waals surface area contributed by atoms with E-state index in [0.717, 1.165) is 24.0 Å². The molecule has 0 spiro atoms. The van der Waals surface area contributed by atoms with E-state index in [1.165, 1.54) is 14.2 Å². The van der Waals surface area contributed by atoms with Crippen molar-refractivity contribution in [1.82, 2.24) is 0 Å². The van der Waals surface area contributed by atoms with Crippen LogP contribution in [0.2, 0.25) is 0 Å². The van der Waals surface area contributed by atoms with Gasteiger partial charge in [-0.1, -0.05) is 6.92 Å². The second-order valence-electron chi connectivity index (χ2n) is 4.66. The molecule has 96 valence electrons. The Morgan fingerprint density at radius 2 is 1.39 bits per heavy atom. The fourth-order valence-electron chi connectivity index (χ4n) is 2.45. The molecule has 0 amide bonds. The average molecular weight is 248 g/mol. The highest BCUT2D eigenvalue weighted by atomic mass is 16.5. The predicted octanol–water partition coefficient (Wildman–Crippen LogP) is 1.99. The smallest absolute Gasteiger partial charge is 0.338 e. The Balaban J connectivity index is 2.53. The molecule has 4 heteroatoms. The van der Waals surface area contributed by atoms with Gasteiger partial charge in [0, 0.05) is 0 Å². The molecule has 18 heavy (non-hydrogen) atoms. The fourth-order valence-corrected chi connectivity index (χ4v) is 2.45. The zero-order chi connectivity index (χ0) is 13.3. The van der Waals surface area contributed by atoms with Crippen molar-refractivity contribution < 1.29 is 19.1 Å². The molecule has 0 unspecified atom stereocenters. The molecule has 1 aromatic carbocycles. The minimum absolute atomic E-state index is 0.289. The molecular weight excluding hydrogens is 232 g/mol. The molecule has 0 saturated heterocycles. The third-order valence-electron chi connectivity index (χ3n) is 3.29. The second kappa shape index (κ2) is 4.80. The molecule has 0 radical (unpaired) electrons. The summed E-state index contributed by atoms with van der Waals surface area (Å²) < 4.78 is 9.42. The first-order valence-electron chi connectivity index (χ1n) is 5.89. The summed E-state index contributed by atoms with van der Waals surface area (Å²) in [5, 5.41) is 0. The number of rotatable bonds is 2. The van der Waals surface area contributed by atoms with Crippen LogP contribution in [-0.4, -0.2) is 26.2 Å². The van der Waals surface area contributed by atoms with Crippen molar-refractivity contribution in [2.24, 2.45) is 5.92 Å². The van der Waals surface area contributed by atoms with Crippen molar-refractivity contribution in [2.45, 2.75) is 19.8 Å². The largest absolute Gasteiger partial charge is 0.465 e. The van der Waals surface area contributed by atoms with Gasteiger partial charge in [-0.25, -0.2) is 9.59 Å². The van der Waals surface area contributed by atoms with Crippen molar-refractivity contribution >= 4 is 11.9 Å². The molecule has 0 aromatic heterocycles. The van der Waals surface area contributed by atoms with Crippen LogP contribution in [0, 0.1) is 5.92 Å². The summed E-state index contributed by atoms with van der Waals surface area (Å²) in [5.41, 5.74) is 2.82. The van der Waals surface area contributed by atoms with E-state index in [4.69, 9.17) is 9.47 Å². The molecule has 0 fully saturated rings. The SMILES string of the molecule is COC(=O)c1cc2c(cc1C(=O)OC)CC(C)C2. The van der Waals surface area contributed by atoms with Crippen LogP contribution >= 0.6 is 0 Å². The molecule has 1 aromatic rings. The highest BCUT2D eigenvalue weighted by molar-refractivity contribution is 6.03. The summed E-state index contributed by atoms with van der Waals surface area (Å²) >= 11 is 0. The lowest BCUT2D eigenvalue weighted by atomic mass is 10.00. The van der Waals surface area contributed by atoms with Gasteiger partial charge in [-0.3, -0.25) is 0 Å². The maximum Gasteiger partial charge on any atom is 0.338 e. The summed E-state index contributed by atoms with van der Waals surface area (Å²) in [6.07, 6.45) is 1.86. The topological polar surface area (TPSA) is 52.6 Å². The van der Waals surface area contributed by atoms with Gasteiger partial charge in [0.1, 0.15) is 0 Å². The minimum atomic E-state index is -0.502. The molecule has 0 aliphatic heterocycles. The van der Waals surface area contributed by atoms with Gasteiger partial charge < -0.3 is 9.47 Å². The maximum absolute atomic E-state index is 11.7.